The van der Waals surface area contributed by atoms with Gasteiger partial charge >= 0.3 is 0 Å². The quantitative estimate of drug-likeness (QED) is 0.140. The van der Waals surface area contributed by atoms with Gasteiger partial charge in [0, 0.05) is 22.7 Å². The van der Waals surface area contributed by atoms with Crippen molar-refractivity contribution in [3.05, 3.63) is 313 Å². The van der Waals surface area contributed by atoms with Gasteiger partial charge in [-0.05, 0) is 120 Å². The summed E-state index contributed by atoms with van der Waals surface area (Å²) in [6.07, 6.45) is 0. The first kappa shape index (κ1) is 41.4. The molecule has 0 spiro atoms. The molecule has 0 atom stereocenters. The van der Waals surface area contributed by atoms with Gasteiger partial charge in [0.15, 0.2) is 8.07 Å². The fraction of sp³-hybridized carbons (Fsp3) is 0.0149. The van der Waals surface area contributed by atoms with Gasteiger partial charge in [0.25, 0.3) is 0 Å². The normalized spacial score (nSPS) is 13.9. The molecule has 11 aromatic rings. The van der Waals surface area contributed by atoms with Crippen LogP contribution in [0, 0.1) is 0 Å². The Balaban J connectivity index is 0.848. The van der Waals surface area contributed by atoms with Crippen molar-refractivity contribution in [1.82, 2.24) is 0 Å². The van der Waals surface area contributed by atoms with Gasteiger partial charge in [0.1, 0.15) is 0 Å². The summed E-state index contributed by atoms with van der Waals surface area (Å²) >= 11 is 0. The highest BCUT2D eigenvalue weighted by atomic mass is 28.3. The van der Waals surface area contributed by atoms with Gasteiger partial charge in [-0.2, -0.15) is 0 Å². The van der Waals surface area contributed by atoms with Gasteiger partial charge in [0.2, 0.25) is 0 Å². The van der Waals surface area contributed by atoms with Crippen molar-refractivity contribution in [2.24, 2.45) is 0 Å². The third-order valence-corrected chi connectivity index (χ3v) is 19.7. The third-order valence-electron chi connectivity index (χ3n) is 14.8. The van der Waals surface area contributed by atoms with Crippen molar-refractivity contribution < 1.29 is 0 Å². The molecule has 0 saturated heterocycles. The molecule has 0 aliphatic carbocycles. The molecule has 0 radical (unpaired) electrons. The Morgan fingerprint density at radius 1 is 0.257 bits per heavy atom. The van der Waals surface area contributed by atoms with Crippen molar-refractivity contribution in [2.45, 2.75) is 5.41 Å². The first-order valence-electron chi connectivity index (χ1n) is 24.3. The maximum Gasteiger partial charge on any atom is 0.184 e. The zero-order chi connectivity index (χ0) is 46.5. The average Bonchev–Trinajstić information content (AvgIpc) is 3.45. The lowest BCUT2D eigenvalue weighted by Gasteiger charge is -2.46. The molecule has 0 bridgehead atoms. The van der Waals surface area contributed by atoms with Crippen LogP contribution in [0.15, 0.2) is 291 Å². The molecular weight excluding hydrogens is 861 g/mol. The van der Waals surface area contributed by atoms with Crippen LogP contribution in [-0.2, 0) is 5.41 Å². The third kappa shape index (κ3) is 6.40. The van der Waals surface area contributed by atoms with Crippen LogP contribution in [0.2, 0.25) is 0 Å². The van der Waals surface area contributed by atoms with E-state index in [-0.39, 0.29) is 0 Å². The largest absolute Gasteiger partial charge is 0.311 e. The molecule has 3 heteroatoms. The van der Waals surface area contributed by atoms with E-state index < -0.39 is 13.5 Å². The average molecular weight is 909 g/mol. The standard InChI is InChI=1S/C67H48N2Si/c1-5-24-53(25-6-1)67(54-26-7-2-8-27-54)59-32-13-15-34-61(59)68(62-35-16-14-33-60(62)67)55-44-40-49(41-45-55)51-22-21-23-52(48-51)50-42-46-56(47-43-50)69-63-36-17-19-38-65(63)70(57-28-9-3-10-29-57,58-30-11-4-12-31-58)66-39-20-18-37-64(66)69/h1-48H. The molecule has 0 N–H and O–H groups in total. The Morgan fingerprint density at radius 3 is 1.03 bits per heavy atom. The Morgan fingerprint density at radius 2 is 0.600 bits per heavy atom. The van der Waals surface area contributed by atoms with E-state index in [0.717, 1.165) is 11.4 Å². The van der Waals surface area contributed by atoms with E-state index in [2.05, 4.69) is 301 Å². The minimum absolute atomic E-state index is 0.494. The summed E-state index contributed by atoms with van der Waals surface area (Å²) in [5.41, 5.74) is 16.4. The van der Waals surface area contributed by atoms with Crippen molar-refractivity contribution in [3.63, 3.8) is 0 Å². The Labute approximate surface area is 411 Å². The molecule has 0 amide bonds. The predicted molar refractivity (Wildman–Crippen MR) is 296 cm³/mol. The number of anilines is 6. The monoisotopic (exact) mass is 908 g/mol. The fourth-order valence-corrected chi connectivity index (χ4v) is 17.0. The first-order chi connectivity index (χ1) is 34.7. The maximum absolute atomic E-state index is 2.67. The highest BCUT2D eigenvalue weighted by molar-refractivity contribution is 7.21. The summed E-state index contributed by atoms with van der Waals surface area (Å²) in [5.74, 6) is 0. The van der Waals surface area contributed by atoms with Crippen LogP contribution in [0.3, 0.4) is 0 Å². The van der Waals surface area contributed by atoms with Gasteiger partial charge in [-0.15, -0.1) is 0 Å². The van der Waals surface area contributed by atoms with E-state index in [1.54, 1.807) is 0 Å². The number of nitrogens with zero attached hydrogens (tertiary/aromatic N) is 2. The Hall–Kier alpha value is -8.76. The molecule has 330 valence electrons. The number of hydrogen-bond acceptors (Lipinski definition) is 2. The molecule has 13 rings (SSSR count). The second-order valence-corrected chi connectivity index (χ2v) is 22.1. The molecular formula is C67H48N2Si. The van der Waals surface area contributed by atoms with Crippen LogP contribution in [0.4, 0.5) is 34.1 Å². The van der Waals surface area contributed by atoms with Crippen LogP contribution in [-0.4, -0.2) is 8.07 Å². The minimum atomic E-state index is -2.67. The molecule has 2 aliphatic rings. The summed E-state index contributed by atoms with van der Waals surface area (Å²) in [7, 11) is -2.67. The number of benzene rings is 11. The zero-order valence-corrected chi connectivity index (χ0v) is 39.6. The summed E-state index contributed by atoms with van der Waals surface area (Å²) in [4.78, 5) is 4.92. The van der Waals surface area contributed by atoms with Crippen LogP contribution >= 0.6 is 0 Å². The predicted octanol–water partition coefficient (Wildman–Crippen LogP) is 14.3. The molecule has 70 heavy (non-hydrogen) atoms. The van der Waals surface area contributed by atoms with E-state index in [1.165, 1.54) is 88.0 Å². The Kier molecular flexibility index (Phi) is 10.1. The number of hydrogen-bond donors (Lipinski definition) is 0. The van der Waals surface area contributed by atoms with Crippen LogP contribution in [0.1, 0.15) is 22.3 Å². The van der Waals surface area contributed by atoms with E-state index in [9.17, 15) is 0 Å². The van der Waals surface area contributed by atoms with Crippen LogP contribution < -0.4 is 30.5 Å². The van der Waals surface area contributed by atoms with Crippen molar-refractivity contribution >= 4 is 62.9 Å². The Bertz CT molecular complexity index is 3230. The molecule has 2 heterocycles. The van der Waals surface area contributed by atoms with Gasteiger partial charge in [-0.3, -0.25) is 0 Å². The number of rotatable bonds is 8. The van der Waals surface area contributed by atoms with E-state index in [0.29, 0.717) is 0 Å². The number of fused-ring (bicyclic) bond motifs is 4. The maximum atomic E-state index is 2.48. The molecule has 0 fully saturated rings. The van der Waals surface area contributed by atoms with Gasteiger partial charge < -0.3 is 9.80 Å². The summed E-state index contributed by atoms with van der Waals surface area (Å²) in [6.45, 7) is 0. The zero-order valence-electron chi connectivity index (χ0n) is 38.6. The van der Waals surface area contributed by atoms with Crippen LogP contribution in [0.5, 0.6) is 0 Å². The second kappa shape index (κ2) is 17.1. The van der Waals surface area contributed by atoms with Gasteiger partial charge in [0.05, 0.1) is 16.8 Å². The van der Waals surface area contributed by atoms with Crippen molar-refractivity contribution in [3.8, 4) is 22.3 Å². The fourth-order valence-electron chi connectivity index (χ4n) is 11.9. The molecule has 0 saturated carbocycles. The van der Waals surface area contributed by atoms with Crippen molar-refractivity contribution in [1.29, 1.82) is 0 Å². The summed E-state index contributed by atoms with van der Waals surface area (Å²) in [5, 5.41) is 5.58. The van der Waals surface area contributed by atoms with E-state index in [1.807, 2.05) is 0 Å². The van der Waals surface area contributed by atoms with Gasteiger partial charge in [-0.25, -0.2) is 0 Å². The van der Waals surface area contributed by atoms with E-state index >= 15 is 0 Å². The number of para-hydroxylation sites is 4. The summed E-state index contributed by atoms with van der Waals surface area (Å²) < 4.78 is 0. The summed E-state index contributed by atoms with van der Waals surface area (Å²) in [6, 6.07) is 108. The van der Waals surface area contributed by atoms with E-state index in [4.69, 9.17) is 0 Å². The second-order valence-electron chi connectivity index (χ2n) is 18.4. The first-order valence-corrected chi connectivity index (χ1v) is 26.3. The minimum Gasteiger partial charge on any atom is -0.311 e. The highest BCUT2D eigenvalue weighted by Gasteiger charge is 2.49. The van der Waals surface area contributed by atoms with Crippen molar-refractivity contribution in [2.75, 3.05) is 9.80 Å². The highest BCUT2D eigenvalue weighted by Crippen LogP contribution is 2.57. The molecule has 11 aromatic carbocycles. The molecule has 2 aliphatic heterocycles. The topological polar surface area (TPSA) is 6.48 Å². The molecule has 2 nitrogen and oxygen atoms in total. The molecule has 0 aromatic heterocycles. The molecule has 0 unspecified atom stereocenters. The lowest BCUT2D eigenvalue weighted by atomic mass is 9.62. The SMILES string of the molecule is c1ccc(C2(c3ccccc3)c3ccccc3N(c3ccc(-c4cccc(-c5ccc(N6c7ccccc7[Si](c7ccccc7)(c7ccccc7)c7ccccc76)cc5)c4)cc3)c3ccccc32)cc1. The van der Waals surface area contributed by atoms with Gasteiger partial charge in [-0.1, -0.05) is 237 Å². The van der Waals surface area contributed by atoms with Crippen LogP contribution in [0.25, 0.3) is 22.3 Å². The lowest BCUT2D eigenvalue weighted by molar-refractivity contribution is 0.731. The smallest absolute Gasteiger partial charge is 0.184 e. The lowest BCUT2D eigenvalue weighted by Crippen LogP contribution is -2.77.